The van der Waals surface area contributed by atoms with E-state index in [1.165, 1.54) is 24.3 Å². The van der Waals surface area contributed by atoms with E-state index in [9.17, 15) is 14.0 Å². The Kier molecular flexibility index (Phi) is 4.34. The van der Waals surface area contributed by atoms with Crippen molar-refractivity contribution in [2.45, 2.75) is 13.0 Å². The van der Waals surface area contributed by atoms with Crippen LogP contribution in [-0.2, 0) is 4.79 Å². The normalized spacial score (nSPS) is 16.9. The molecule has 20 heavy (non-hydrogen) atoms. The number of benzene rings is 1. The van der Waals surface area contributed by atoms with Gasteiger partial charge in [-0.3, -0.25) is 9.59 Å². The smallest absolute Gasteiger partial charge is 0.253 e. The molecular weight excluding hydrogens is 261 g/mol. The second kappa shape index (κ2) is 6.00. The van der Waals surface area contributed by atoms with Crippen LogP contribution < -0.4 is 5.73 Å². The summed E-state index contributed by atoms with van der Waals surface area (Å²) in [6, 6.07) is 4.95. The van der Waals surface area contributed by atoms with E-state index in [0.29, 0.717) is 31.7 Å². The number of rotatable bonds is 2. The van der Waals surface area contributed by atoms with Gasteiger partial charge in [0, 0.05) is 31.7 Å². The molecule has 1 fully saturated rings. The second-order valence-electron chi connectivity index (χ2n) is 4.91. The lowest BCUT2D eigenvalue weighted by Crippen LogP contribution is -2.53. The van der Waals surface area contributed by atoms with Gasteiger partial charge in [0.25, 0.3) is 5.91 Å². The Morgan fingerprint density at radius 2 is 1.60 bits per heavy atom. The number of carbonyl (C=O) groups is 2. The molecule has 1 aliphatic heterocycles. The van der Waals surface area contributed by atoms with Gasteiger partial charge in [-0.1, -0.05) is 0 Å². The molecule has 2 amide bonds. The Morgan fingerprint density at radius 3 is 2.10 bits per heavy atom. The highest BCUT2D eigenvalue weighted by Crippen LogP contribution is 2.10. The fraction of sp³-hybridized carbons (Fsp3) is 0.429. The van der Waals surface area contributed by atoms with Crippen LogP contribution in [0.2, 0.25) is 0 Å². The third kappa shape index (κ3) is 3.14. The van der Waals surface area contributed by atoms with E-state index in [1.807, 2.05) is 0 Å². The number of halogens is 1. The summed E-state index contributed by atoms with van der Waals surface area (Å²) in [5.74, 6) is -0.606. The summed E-state index contributed by atoms with van der Waals surface area (Å²) in [5, 5.41) is 0. The Bertz CT molecular complexity index is 494. The molecular formula is C14H18FN3O2. The van der Waals surface area contributed by atoms with E-state index in [2.05, 4.69) is 0 Å². The highest BCUT2D eigenvalue weighted by Gasteiger charge is 2.26. The Morgan fingerprint density at radius 1 is 1.10 bits per heavy atom. The molecule has 0 bridgehead atoms. The van der Waals surface area contributed by atoms with Gasteiger partial charge < -0.3 is 15.5 Å². The van der Waals surface area contributed by atoms with Gasteiger partial charge in [-0.2, -0.15) is 0 Å². The summed E-state index contributed by atoms with van der Waals surface area (Å²) in [6.45, 7) is 3.54. The monoisotopic (exact) mass is 279 g/mol. The third-order valence-electron chi connectivity index (χ3n) is 3.36. The second-order valence-corrected chi connectivity index (χ2v) is 4.91. The van der Waals surface area contributed by atoms with Crippen molar-refractivity contribution in [2.75, 3.05) is 26.2 Å². The van der Waals surface area contributed by atoms with Crippen molar-refractivity contribution in [1.82, 2.24) is 9.80 Å². The molecule has 1 heterocycles. The third-order valence-corrected chi connectivity index (χ3v) is 3.36. The minimum absolute atomic E-state index is 0.0983. The van der Waals surface area contributed by atoms with Crippen LogP contribution in [0.4, 0.5) is 4.39 Å². The Balaban J connectivity index is 1.95. The largest absolute Gasteiger partial charge is 0.338 e. The molecule has 5 nitrogen and oxygen atoms in total. The highest BCUT2D eigenvalue weighted by atomic mass is 19.1. The molecule has 0 aromatic heterocycles. The molecule has 1 aromatic carbocycles. The summed E-state index contributed by atoms with van der Waals surface area (Å²) >= 11 is 0. The minimum Gasteiger partial charge on any atom is -0.338 e. The zero-order chi connectivity index (χ0) is 14.7. The van der Waals surface area contributed by atoms with E-state index < -0.39 is 6.04 Å². The van der Waals surface area contributed by atoms with Crippen LogP contribution in [-0.4, -0.2) is 53.8 Å². The van der Waals surface area contributed by atoms with Gasteiger partial charge in [0.15, 0.2) is 0 Å². The predicted molar refractivity (Wildman–Crippen MR) is 72.5 cm³/mol. The SMILES string of the molecule is CC(N)C(=O)N1CCN(C(=O)c2ccc(F)cc2)CC1. The topological polar surface area (TPSA) is 66.6 Å². The van der Waals surface area contributed by atoms with Gasteiger partial charge >= 0.3 is 0 Å². The van der Waals surface area contributed by atoms with Crippen LogP contribution in [0.15, 0.2) is 24.3 Å². The maximum atomic E-state index is 12.8. The van der Waals surface area contributed by atoms with Gasteiger partial charge in [0.1, 0.15) is 5.82 Å². The molecule has 6 heteroatoms. The van der Waals surface area contributed by atoms with Crippen LogP contribution in [0.25, 0.3) is 0 Å². The van der Waals surface area contributed by atoms with E-state index >= 15 is 0 Å². The number of nitrogens with two attached hydrogens (primary N) is 1. The first-order valence-corrected chi connectivity index (χ1v) is 6.58. The lowest BCUT2D eigenvalue weighted by molar-refractivity contribution is -0.133. The summed E-state index contributed by atoms with van der Waals surface area (Å²) in [4.78, 5) is 27.3. The molecule has 1 atom stereocenters. The lowest BCUT2D eigenvalue weighted by Gasteiger charge is -2.35. The maximum Gasteiger partial charge on any atom is 0.253 e. The van der Waals surface area contributed by atoms with Crippen LogP contribution in [0.1, 0.15) is 17.3 Å². The molecule has 1 aliphatic rings. The number of nitrogens with zero attached hydrogens (tertiary/aromatic N) is 2. The van der Waals surface area contributed by atoms with Crippen LogP contribution >= 0.6 is 0 Å². The number of piperazine rings is 1. The van der Waals surface area contributed by atoms with Gasteiger partial charge in [-0.25, -0.2) is 4.39 Å². The molecule has 2 N–H and O–H groups in total. The Labute approximate surface area is 117 Å². The first kappa shape index (κ1) is 14.5. The fourth-order valence-corrected chi connectivity index (χ4v) is 2.19. The molecule has 0 radical (unpaired) electrons. The van der Waals surface area contributed by atoms with Crippen molar-refractivity contribution in [1.29, 1.82) is 0 Å². The van der Waals surface area contributed by atoms with Gasteiger partial charge in [0.2, 0.25) is 5.91 Å². The van der Waals surface area contributed by atoms with Crippen molar-refractivity contribution < 1.29 is 14.0 Å². The fourth-order valence-electron chi connectivity index (χ4n) is 2.19. The van der Waals surface area contributed by atoms with Crippen LogP contribution in [0, 0.1) is 5.82 Å². The van der Waals surface area contributed by atoms with Crippen molar-refractivity contribution in [3.63, 3.8) is 0 Å². The predicted octanol–water partition coefficient (Wildman–Crippen LogP) is 0.457. The van der Waals surface area contributed by atoms with E-state index in [4.69, 9.17) is 5.73 Å². The maximum absolute atomic E-state index is 12.8. The van der Waals surface area contributed by atoms with E-state index in [1.54, 1.807) is 16.7 Å². The zero-order valence-corrected chi connectivity index (χ0v) is 11.4. The highest BCUT2D eigenvalue weighted by molar-refractivity contribution is 5.94. The molecule has 1 unspecified atom stereocenters. The van der Waals surface area contributed by atoms with Crippen molar-refractivity contribution in [2.24, 2.45) is 5.73 Å². The molecule has 0 aliphatic carbocycles. The number of carbonyl (C=O) groups excluding carboxylic acids is 2. The number of hydrogen-bond acceptors (Lipinski definition) is 3. The molecule has 1 aromatic rings. The number of amides is 2. The van der Waals surface area contributed by atoms with Gasteiger partial charge in [0.05, 0.1) is 6.04 Å². The zero-order valence-electron chi connectivity index (χ0n) is 11.4. The van der Waals surface area contributed by atoms with Crippen molar-refractivity contribution >= 4 is 11.8 Å². The average molecular weight is 279 g/mol. The molecule has 0 saturated carbocycles. The van der Waals surface area contributed by atoms with E-state index in [0.717, 1.165) is 0 Å². The van der Waals surface area contributed by atoms with E-state index in [-0.39, 0.29) is 17.6 Å². The van der Waals surface area contributed by atoms with Crippen molar-refractivity contribution in [3.05, 3.63) is 35.6 Å². The first-order valence-electron chi connectivity index (χ1n) is 6.58. The standard InChI is InChI=1S/C14H18FN3O2/c1-10(16)13(19)17-6-8-18(9-7-17)14(20)11-2-4-12(15)5-3-11/h2-5,10H,6-9,16H2,1H3. The van der Waals surface area contributed by atoms with Gasteiger partial charge in [-0.05, 0) is 31.2 Å². The quantitative estimate of drug-likeness (QED) is 0.855. The van der Waals surface area contributed by atoms with Crippen LogP contribution in [0.3, 0.4) is 0 Å². The van der Waals surface area contributed by atoms with Crippen molar-refractivity contribution in [3.8, 4) is 0 Å². The first-order chi connectivity index (χ1) is 9.49. The molecule has 108 valence electrons. The summed E-state index contributed by atoms with van der Waals surface area (Å²) in [6.07, 6.45) is 0. The molecule has 1 saturated heterocycles. The van der Waals surface area contributed by atoms with Gasteiger partial charge in [-0.15, -0.1) is 0 Å². The summed E-state index contributed by atoms with van der Waals surface area (Å²) in [7, 11) is 0. The summed E-state index contributed by atoms with van der Waals surface area (Å²) < 4.78 is 12.8. The minimum atomic E-state index is -0.519. The molecule has 0 spiro atoms. The van der Waals surface area contributed by atoms with Crippen LogP contribution in [0.5, 0.6) is 0 Å². The lowest BCUT2D eigenvalue weighted by atomic mass is 10.1. The summed E-state index contributed by atoms with van der Waals surface area (Å²) in [5.41, 5.74) is 6.02. The molecule has 2 rings (SSSR count). The average Bonchev–Trinajstić information content (AvgIpc) is 2.46. The Hall–Kier alpha value is -1.95. The number of hydrogen-bond donors (Lipinski definition) is 1.